The van der Waals surface area contributed by atoms with Crippen LogP contribution in [-0.4, -0.2) is 27.8 Å². The third kappa shape index (κ3) is 6.33. The molecule has 35 heavy (non-hydrogen) atoms. The minimum atomic E-state index is -4.49. The van der Waals surface area contributed by atoms with E-state index in [4.69, 9.17) is 5.11 Å². The molecular formula is C26H29F3N2O4. The Morgan fingerprint density at radius 2 is 1.69 bits per heavy atom. The lowest BCUT2D eigenvalue weighted by molar-refractivity contribution is -0.146. The van der Waals surface area contributed by atoms with Crippen LogP contribution in [0.1, 0.15) is 62.0 Å². The molecule has 2 fully saturated rings. The topological polar surface area (TPSA) is 98.7 Å². The number of carbonyl (C=O) groups is 2. The second-order valence-corrected chi connectivity index (χ2v) is 9.85. The third-order valence-corrected chi connectivity index (χ3v) is 7.33. The Bertz CT molecular complexity index is 1070. The second-order valence-electron chi connectivity index (χ2n) is 9.85. The number of carboxylic acids is 1. The summed E-state index contributed by atoms with van der Waals surface area (Å²) in [7, 11) is 0. The molecule has 4 rings (SSSR count). The number of benzene rings is 2. The van der Waals surface area contributed by atoms with Crippen molar-refractivity contribution in [1.82, 2.24) is 0 Å². The number of hydrogen-bond donors (Lipinski definition) is 4. The van der Waals surface area contributed by atoms with E-state index >= 15 is 0 Å². The van der Waals surface area contributed by atoms with Gasteiger partial charge in [-0.05, 0) is 92.2 Å². The number of fused-ring (bicyclic) bond motifs is 1. The molecule has 0 aliphatic heterocycles. The van der Waals surface area contributed by atoms with Gasteiger partial charge in [-0.15, -0.1) is 0 Å². The van der Waals surface area contributed by atoms with Gasteiger partial charge in [0.25, 0.3) is 0 Å². The highest BCUT2D eigenvalue weighted by molar-refractivity contribution is 5.99. The van der Waals surface area contributed by atoms with Gasteiger partial charge in [0, 0.05) is 11.4 Å². The van der Waals surface area contributed by atoms with Gasteiger partial charge in [0.05, 0.1) is 17.6 Å². The number of aliphatic hydroxyl groups is 1. The Morgan fingerprint density at radius 3 is 2.37 bits per heavy atom. The van der Waals surface area contributed by atoms with Gasteiger partial charge in [-0.1, -0.05) is 18.2 Å². The van der Waals surface area contributed by atoms with Gasteiger partial charge in [0.1, 0.15) is 0 Å². The van der Waals surface area contributed by atoms with E-state index in [1.54, 1.807) is 12.1 Å². The predicted octanol–water partition coefficient (Wildman–Crippen LogP) is 6.24. The molecule has 2 aromatic carbocycles. The van der Waals surface area contributed by atoms with Crippen molar-refractivity contribution in [2.24, 2.45) is 11.8 Å². The van der Waals surface area contributed by atoms with Crippen LogP contribution >= 0.6 is 0 Å². The predicted molar refractivity (Wildman–Crippen MR) is 125 cm³/mol. The molecule has 0 bridgehead atoms. The normalized spacial score (nSPS) is 26.5. The van der Waals surface area contributed by atoms with Gasteiger partial charge in [0.15, 0.2) is 0 Å². The van der Waals surface area contributed by atoms with Crippen molar-refractivity contribution in [2.45, 2.75) is 62.6 Å². The van der Waals surface area contributed by atoms with Crippen molar-refractivity contribution < 1.29 is 33.0 Å². The van der Waals surface area contributed by atoms with Gasteiger partial charge in [-0.25, -0.2) is 4.79 Å². The van der Waals surface area contributed by atoms with Crippen molar-refractivity contribution >= 4 is 23.4 Å². The molecule has 0 saturated heterocycles. The molecule has 2 saturated carbocycles. The smallest absolute Gasteiger partial charge is 0.416 e. The molecule has 2 aliphatic rings. The number of hydrogen-bond acceptors (Lipinski definition) is 3. The quantitative estimate of drug-likeness (QED) is 0.399. The average molecular weight is 491 g/mol. The Kier molecular flexibility index (Phi) is 7.07. The summed E-state index contributed by atoms with van der Waals surface area (Å²) in [4.78, 5) is 23.3. The minimum Gasteiger partial charge on any atom is -0.481 e. The highest BCUT2D eigenvalue weighted by Gasteiger charge is 2.43. The number of amides is 2. The van der Waals surface area contributed by atoms with Crippen molar-refractivity contribution in [3.63, 3.8) is 0 Å². The lowest BCUT2D eigenvalue weighted by atomic mass is 9.62. The number of aliphatic carboxylic acids is 1. The first-order valence-electron chi connectivity index (χ1n) is 11.8. The number of anilines is 2. The number of carboxylic acid groups (broad SMARTS) is 1. The van der Waals surface area contributed by atoms with Crippen LogP contribution in [0.4, 0.5) is 29.3 Å². The lowest BCUT2D eigenvalue weighted by Gasteiger charge is -2.45. The van der Waals surface area contributed by atoms with Crippen LogP contribution in [0, 0.1) is 11.8 Å². The van der Waals surface area contributed by atoms with Gasteiger partial charge in [-0.2, -0.15) is 13.2 Å². The van der Waals surface area contributed by atoms with Crippen LogP contribution in [-0.2, 0) is 11.0 Å². The van der Waals surface area contributed by atoms with Crippen molar-refractivity contribution in [1.29, 1.82) is 0 Å². The Balaban J connectivity index is 1.31. The van der Waals surface area contributed by atoms with Crippen LogP contribution in [0.5, 0.6) is 0 Å². The highest BCUT2D eigenvalue weighted by Crippen LogP contribution is 2.49. The summed E-state index contributed by atoms with van der Waals surface area (Å²) < 4.78 is 38.6. The summed E-state index contributed by atoms with van der Waals surface area (Å²) in [6.07, 6.45) is 0.0637. The summed E-state index contributed by atoms with van der Waals surface area (Å²) in [6, 6.07) is 11.3. The zero-order chi connectivity index (χ0) is 25.2. The first-order chi connectivity index (χ1) is 16.5. The maximum atomic E-state index is 12.9. The molecule has 2 amide bonds. The van der Waals surface area contributed by atoms with E-state index in [9.17, 15) is 27.9 Å². The number of nitrogens with one attached hydrogen (secondary N) is 2. The molecule has 2 aliphatic carbocycles. The first kappa shape index (κ1) is 25.0. The fraction of sp³-hybridized carbons (Fsp3) is 0.462. The summed E-state index contributed by atoms with van der Waals surface area (Å²) in [6.45, 7) is 0. The van der Waals surface area contributed by atoms with E-state index < -0.39 is 29.3 Å². The molecule has 0 aromatic heterocycles. The maximum absolute atomic E-state index is 12.9. The van der Waals surface area contributed by atoms with E-state index in [0.29, 0.717) is 36.3 Å². The number of rotatable bonds is 5. The van der Waals surface area contributed by atoms with E-state index in [1.165, 1.54) is 12.1 Å². The second kappa shape index (κ2) is 9.89. The monoisotopic (exact) mass is 490 g/mol. The van der Waals surface area contributed by atoms with Crippen molar-refractivity contribution in [3.05, 3.63) is 59.7 Å². The first-order valence-corrected chi connectivity index (χ1v) is 11.8. The zero-order valence-electron chi connectivity index (χ0n) is 19.1. The number of alkyl halides is 3. The van der Waals surface area contributed by atoms with Crippen LogP contribution < -0.4 is 10.6 Å². The Hall–Kier alpha value is -3.07. The summed E-state index contributed by atoms with van der Waals surface area (Å²) >= 11 is 0. The molecule has 9 heteroatoms. The van der Waals surface area contributed by atoms with E-state index in [1.807, 2.05) is 12.1 Å². The largest absolute Gasteiger partial charge is 0.481 e. The van der Waals surface area contributed by atoms with Gasteiger partial charge >= 0.3 is 18.2 Å². The van der Waals surface area contributed by atoms with Gasteiger partial charge < -0.3 is 20.8 Å². The molecule has 188 valence electrons. The number of urea groups is 1. The van der Waals surface area contributed by atoms with Crippen LogP contribution in [0.2, 0.25) is 0 Å². The summed E-state index contributed by atoms with van der Waals surface area (Å²) in [5.41, 5.74) is -0.198. The SMILES string of the molecule is O=C(O)CC1(O)CCC2CC(c3ccc(NC(=O)Nc4cccc(C(F)(F)F)c4)cc3)CCC2C1. The Morgan fingerprint density at radius 1 is 0.971 bits per heavy atom. The van der Waals surface area contributed by atoms with Crippen LogP contribution in [0.25, 0.3) is 0 Å². The molecular weight excluding hydrogens is 461 g/mol. The summed E-state index contributed by atoms with van der Waals surface area (Å²) in [5, 5.41) is 24.8. The van der Waals surface area contributed by atoms with Gasteiger partial charge in [0.2, 0.25) is 0 Å². The Labute approximate surface area is 201 Å². The zero-order valence-corrected chi connectivity index (χ0v) is 19.1. The molecule has 4 atom stereocenters. The van der Waals surface area contributed by atoms with Gasteiger partial charge in [-0.3, -0.25) is 4.79 Å². The minimum absolute atomic E-state index is 0.0495. The van der Waals surface area contributed by atoms with E-state index in [0.717, 1.165) is 43.4 Å². The number of carbonyl (C=O) groups excluding carboxylic acids is 1. The molecule has 0 radical (unpaired) electrons. The maximum Gasteiger partial charge on any atom is 0.416 e. The summed E-state index contributed by atoms with van der Waals surface area (Å²) in [5.74, 6) is 0.190. The standard InChI is InChI=1S/C26H29F3N2O4/c27-26(28,29)20-2-1-3-22(13-20)31-24(34)30-21-8-6-16(7-9-21)17-4-5-19-14-25(35,15-23(32)33)11-10-18(19)12-17/h1-3,6-9,13,17-19,35H,4-5,10-12,14-15H2,(H,32,33)(H2,30,31,34). The highest BCUT2D eigenvalue weighted by atomic mass is 19.4. The molecule has 6 nitrogen and oxygen atoms in total. The average Bonchev–Trinajstić information content (AvgIpc) is 2.78. The fourth-order valence-corrected chi connectivity index (χ4v) is 5.64. The molecule has 0 spiro atoms. The molecule has 2 aromatic rings. The lowest BCUT2D eigenvalue weighted by Crippen LogP contribution is -2.42. The van der Waals surface area contributed by atoms with E-state index in [-0.39, 0.29) is 12.1 Å². The number of halogens is 3. The fourth-order valence-electron chi connectivity index (χ4n) is 5.64. The van der Waals surface area contributed by atoms with Crippen molar-refractivity contribution in [2.75, 3.05) is 10.6 Å². The third-order valence-electron chi connectivity index (χ3n) is 7.33. The molecule has 4 unspecified atom stereocenters. The molecule has 0 heterocycles. The van der Waals surface area contributed by atoms with E-state index in [2.05, 4.69) is 10.6 Å². The van der Waals surface area contributed by atoms with Crippen LogP contribution in [0.3, 0.4) is 0 Å². The van der Waals surface area contributed by atoms with Crippen LogP contribution in [0.15, 0.2) is 48.5 Å². The molecule has 4 N–H and O–H groups in total. The van der Waals surface area contributed by atoms with Crippen molar-refractivity contribution in [3.8, 4) is 0 Å².